The highest BCUT2D eigenvalue weighted by Crippen LogP contribution is 2.34. The molecule has 0 fully saturated rings. The Morgan fingerprint density at radius 2 is 1.50 bits per heavy atom. The van der Waals surface area contributed by atoms with Crippen molar-refractivity contribution in [3.05, 3.63) is 93.5 Å². The van der Waals surface area contributed by atoms with E-state index in [9.17, 15) is 31.2 Å². The average Bonchev–Trinajstić information content (AvgIpc) is 2.90. The van der Waals surface area contributed by atoms with E-state index < -0.39 is 46.2 Å². The van der Waals surface area contributed by atoms with Crippen LogP contribution in [0.4, 0.5) is 18.9 Å². The Bertz CT molecular complexity index is 1530. The Morgan fingerprint density at radius 3 is 2.05 bits per heavy atom. The summed E-state index contributed by atoms with van der Waals surface area (Å²) < 4.78 is 69.0. The SMILES string of the molecule is Cc1ccc(S(=O)(=O)N(CC(=O)N(Cc2c(Cl)cccc2Cl)C(C)C(=O)NC(C)C)c2cccc(C(F)(F)F)c2)cc1. The fourth-order valence-electron chi connectivity index (χ4n) is 4.05. The lowest BCUT2D eigenvalue weighted by Crippen LogP contribution is -2.52. The number of halogens is 5. The molecule has 2 amide bonds. The molecule has 42 heavy (non-hydrogen) atoms. The summed E-state index contributed by atoms with van der Waals surface area (Å²) in [6, 6.07) is 12.6. The number of sulfonamides is 1. The number of nitrogens with one attached hydrogen (secondary N) is 1. The molecule has 0 spiro atoms. The van der Waals surface area contributed by atoms with E-state index in [2.05, 4.69) is 5.32 Å². The van der Waals surface area contributed by atoms with Crippen LogP contribution in [0.5, 0.6) is 0 Å². The second kappa shape index (κ2) is 13.4. The van der Waals surface area contributed by atoms with Crippen LogP contribution >= 0.6 is 23.2 Å². The molecule has 3 aromatic carbocycles. The van der Waals surface area contributed by atoms with Crippen LogP contribution in [0.25, 0.3) is 0 Å². The second-order valence-electron chi connectivity index (χ2n) is 9.93. The highest BCUT2D eigenvalue weighted by Gasteiger charge is 2.35. The summed E-state index contributed by atoms with van der Waals surface area (Å²) in [5.41, 5.74) is -0.413. The summed E-state index contributed by atoms with van der Waals surface area (Å²) in [4.78, 5) is 27.8. The number of hydrogen-bond donors (Lipinski definition) is 1. The third kappa shape index (κ3) is 7.96. The molecule has 0 bridgehead atoms. The molecule has 0 aromatic heterocycles. The number of carbonyl (C=O) groups excluding carboxylic acids is 2. The molecular formula is C29H30Cl2F3N3O4S. The summed E-state index contributed by atoms with van der Waals surface area (Å²) in [5, 5.41) is 3.12. The van der Waals surface area contributed by atoms with Gasteiger partial charge in [0.1, 0.15) is 12.6 Å². The topological polar surface area (TPSA) is 86.8 Å². The van der Waals surface area contributed by atoms with Crippen molar-refractivity contribution in [3.63, 3.8) is 0 Å². The smallest absolute Gasteiger partial charge is 0.352 e. The van der Waals surface area contributed by atoms with Gasteiger partial charge < -0.3 is 10.2 Å². The van der Waals surface area contributed by atoms with Crippen LogP contribution in [0, 0.1) is 6.92 Å². The normalized spacial score (nSPS) is 12.6. The highest BCUT2D eigenvalue weighted by atomic mass is 35.5. The molecule has 3 aromatic rings. The molecule has 1 unspecified atom stereocenters. The van der Waals surface area contributed by atoms with Crippen LogP contribution < -0.4 is 9.62 Å². The van der Waals surface area contributed by atoms with E-state index >= 15 is 0 Å². The molecule has 13 heteroatoms. The first kappa shape index (κ1) is 33.2. The minimum absolute atomic E-state index is 0.207. The van der Waals surface area contributed by atoms with Gasteiger partial charge in [-0.25, -0.2) is 8.42 Å². The molecule has 226 valence electrons. The summed E-state index contributed by atoms with van der Waals surface area (Å²) in [5.74, 6) is -1.40. The minimum Gasteiger partial charge on any atom is -0.352 e. The van der Waals surface area contributed by atoms with E-state index in [1.165, 1.54) is 37.3 Å². The first-order valence-corrected chi connectivity index (χ1v) is 15.0. The molecule has 1 atom stereocenters. The number of aryl methyl sites for hydroxylation is 1. The molecule has 0 aliphatic heterocycles. The fourth-order valence-corrected chi connectivity index (χ4v) is 5.97. The van der Waals surface area contributed by atoms with E-state index in [1.54, 1.807) is 39.0 Å². The van der Waals surface area contributed by atoms with Gasteiger partial charge in [0.15, 0.2) is 0 Å². The van der Waals surface area contributed by atoms with E-state index in [-0.39, 0.29) is 33.2 Å². The zero-order valence-corrected chi connectivity index (χ0v) is 25.6. The molecule has 0 saturated heterocycles. The van der Waals surface area contributed by atoms with Crippen LogP contribution in [0.1, 0.15) is 37.5 Å². The van der Waals surface area contributed by atoms with Gasteiger partial charge in [-0.2, -0.15) is 13.2 Å². The van der Waals surface area contributed by atoms with Gasteiger partial charge in [0.05, 0.1) is 16.1 Å². The Morgan fingerprint density at radius 1 is 0.929 bits per heavy atom. The average molecular weight is 645 g/mol. The monoisotopic (exact) mass is 643 g/mol. The lowest BCUT2D eigenvalue weighted by molar-refractivity contribution is -0.139. The van der Waals surface area contributed by atoms with Crippen molar-refractivity contribution in [2.75, 3.05) is 10.8 Å². The zero-order chi connectivity index (χ0) is 31.4. The maximum atomic E-state index is 13.9. The van der Waals surface area contributed by atoms with E-state index in [4.69, 9.17) is 23.2 Å². The van der Waals surface area contributed by atoms with Crippen molar-refractivity contribution >= 4 is 50.7 Å². The van der Waals surface area contributed by atoms with Gasteiger partial charge in [-0.3, -0.25) is 13.9 Å². The number of hydrogen-bond acceptors (Lipinski definition) is 4. The summed E-state index contributed by atoms with van der Waals surface area (Å²) in [6.07, 6.45) is -4.77. The predicted octanol–water partition coefficient (Wildman–Crippen LogP) is 6.46. The molecular weight excluding hydrogens is 614 g/mol. The van der Waals surface area contributed by atoms with Gasteiger partial charge in [0.25, 0.3) is 10.0 Å². The third-order valence-electron chi connectivity index (χ3n) is 6.34. The van der Waals surface area contributed by atoms with Gasteiger partial charge in [-0.05, 0) is 70.2 Å². The lowest BCUT2D eigenvalue weighted by atomic mass is 10.1. The van der Waals surface area contributed by atoms with Gasteiger partial charge in [0.2, 0.25) is 11.8 Å². The Balaban J connectivity index is 2.13. The number of carbonyl (C=O) groups is 2. The molecule has 0 radical (unpaired) electrons. The second-order valence-corrected chi connectivity index (χ2v) is 12.6. The summed E-state index contributed by atoms with van der Waals surface area (Å²) in [6.45, 7) is 5.45. The Hall–Kier alpha value is -3.28. The van der Waals surface area contributed by atoms with Crippen molar-refractivity contribution < 1.29 is 31.2 Å². The zero-order valence-electron chi connectivity index (χ0n) is 23.2. The fraction of sp³-hybridized carbons (Fsp3) is 0.310. The Kier molecular flexibility index (Phi) is 10.6. The lowest BCUT2D eigenvalue weighted by Gasteiger charge is -2.32. The van der Waals surface area contributed by atoms with Gasteiger partial charge in [-0.15, -0.1) is 0 Å². The predicted molar refractivity (Wildman–Crippen MR) is 157 cm³/mol. The van der Waals surface area contributed by atoms with E-state index in [1.807, 2.05) is 0 Å². The van der Waals surface area contributed by atoms with E-state index in [0.29, 0.717) is 15.9 Å². The van der Waals surface area contributed by atoms with Crippen LogP contribution in [-0.4, -0.2) is 43.8 Å². The minimum atomic E-state index is -4.77. The third-order valence-corrected chi connectivity index (χ3v) is 8.83. The molecule has 7 nitrogen and oxygen atoms in total. The van der Waals surface area contributed by atoms with Crippen molar-refractivity contribution in [3.8, 4) is 0 Å². The van der Waals surface area contributed by atoms with Crippen molar-refractivity contribution in [2.45, 2.75) is 57.4 Å². The van der Waals surface area contributed by atoms with Crippen molar-refractivity contribution in [2.24, 2.45) is 0 Å². The van der Waals surface area contributed by atoms with Gasteiger partial charge >= 0.3 is 6.18 Å². The quantitative estimate of drug-likeness (QED) is 0.275. The summed E-state index contributed by atoms with van der Waals surface area (Å²) >= 11 is 12.7. The van der Waals surface area contributed by atoms with Crippen LogP contribution in [0.2, 0.25) is 10.0 Å². The Labute approximate surface area is 253 Å². The van der Waals surface area contributed by atoms with E-state index in [0.717, 1.165) is 22.6 Å². The molecule has 1 N–H and O–H groups in total. The van der Waals surface area contributed by atoms with Crippen LogP contribution in [0.15, 0.2) is 71.6 Å². The maximum Gasteiger partial charge on any atom is 0.416 e. The molecule has 3 rings (SSSR count). The van der Waals surface area contributed by atoms with Crippen molar-refractivity contribution in [1.29, 1.82) is 0 Å². The number of amides is 2. The van der Waals surface area contributed by atoms with Gasteiger partial charge in [0, 0.05) is 28.2 Å². The number of anilines is 1. The first-order chi connectivity index (χ1) is 19.5. The number of nitrogens with zero attached hydrogens (tertiary/aromatic N) is 2. The molecule has 0 aliphatic rings. The number of rotatable bonds is 10. The molecule has 0 heterocycles. The standard InChI is InChI=1S/C29H30Cl2F3N3O4S/c1-18(2)35-28(39)20(4)36(16-24-25(30)9-6-10-26(24)31)27(38)17-37(22-8-5-7-21(15-22)29(32,33)34)42(40,41)23-13-11-19(3)12-14-23/h5-15,18,20H,16-17H2,1-4H3,(H,35,39). The largest absolute Gasteiger partial charge is 0.416 e. The highest BCUT2D eigenvalue weighted by molar-refractivity contribution is 7.92. The van der Waals surface area contributed by atoms with Crippen LogP contribution in [0.3, 0.4) is 0 Å². The number of alkyl halides is 3. The van der Waals surface area contributed by atoms with Crippen LogP contribution in [-0.2, 0) is 32.3 Å². The number of benzene rings is 3. The summed E-state index contributed by atoms with van der Waals surface area (Å²) in [7, 11) is -4.55. The molecule has 0 aliphatic carbocycles. The first-order valence-electron chi connectivity index (χ1n) is 12.8. The maximum absolute atomic E-state index is 13.9. The van der Waals surface area contributed by atoms with Crippen molar-refractivity contribution in [1.82, 2.24) is 10.2 Å². The molecule has 0 saturated carbocycles. The van der Waals surface area contributed by atoms with Gasteiger partial charge in [-0.1, -0.05) is 53.0 Å².